The molecule has 4 rings (SSSR count). The van der Waals surface area contributed by atoms with Crippen molar-refractivity contribution in [2.45, 2.75) is 31.5 Å². The Kier molecular flexibility index (Phi) is 4.19. The van der Waals surface area contributed by atoms with E-state index in [0.29, 0.717) is 19.3 Å². The molecule has 5 nitrogen and oxygen atoms in total. The lowest BCUT2D eigenvalue weighted by Crippen LogP contribution is -2.47. The van der Waals surface area contributed by atoms with Crippen LogP contribution in [0.15, 0.2) is 18.2 Å². The highest BCUT2D eigenvalue weighted by molar-refractivity contribution is 5.43. The Morgan fingerprint density at radius 1 is 1.09 bits per heavy atom. The summed E-state index contributed by atoms with van der Waals surface area (Å²) in [6, 6.07) is 7.00. The molecule has 1 atom stereocenters. The standard InChI is InChI=1S/C17H24N2O3/c1-4-16-17(22-8-7-21-16)9-13(1)10-18-11-15-12-19(5-6-20-15)14-2-3-14/h1,4,9,14-15,18H,2-3,5-8,10-12H2/t15-/m0/s1. The van der Waals surface area contributed by atoms with Gasteiger partial charge in [0.05, 0.1) is 12.7 Å². The number of fused-ring (bicyclic) bond motifs is 1. The number of hydrogen-bond donors (Lipinski definition) is 1. The quantitative estimate of drug-likeness (QED) is 0.891. The third-order valence-corrected chi connectivity index (χ3v) is 4.54. The Morgan fingerprint density at radius 2 is 1.95 bits per heavy atom. The zero-order valence-corrected chi connectivity index (χ0v) is 12.9. The predicted octanol–water partition coefficient (Wildman–Crippen LogP) is 1.41. The van der Waals surface area contributed by atoms with E-state index in [1.54, 1.807) is 0 Å². The third-order valence-electron chi connectivity index (χ3n) is 4.54. The van der Waals surface area contributed by atoms with Crippen molar-refractivity contribution in [2.24, 2.45) is 0 Å². The van der Waals surface area contributed by atoms with Gasteiger partial charge < -0.3 is 19.5 Å². The lowest BCUT2D eigenvalue weighted by Gasteiger charge is -2.33. The van der Waals surface area contributed by atoms with Crippen molar-refractivity contribution >= 4 is 0 Å². The number of rotatable bonds is 5. The Bertz CT molecular complexity index is 519. The topological polar surface area (TPSA) is 43.0 Å². The molecule has 1 N–H and O–H groups in total. The first-order valence-electron chi connectivity index (χ1n) is 8.33. The van der Waals surface area contributed by atoms with Crippen molar-refractivity contribution in [3.63, 3.8) is 0 Å². The molecule has 22 heavy (non-hydrogen) atoms. The Labute approximate surface area is 131 Å². The highest BCUT2D eigenvalue weighted by atomic mass is 16.6. The molecule has 1 aromatic rings. The molecule has 3 aliphatic rings. The van der Waals surface area contributed by atoms with Gasteiger partial charge in [-0.2, -0.15) is 0 Å². The maximum Gasteiger partial charge on any atom is 0.161 e. The van der Waals surface area contributed by atoms with Crippen LogP contribution in [-0.2, 0) is 11.3 Å². The first kappa shape index (κ1) is 14.3. The van der Waals surface area contributed by atoms with E-state index < -0.39 is 0 Å². The monoisotopic (exact) mass is 304 g/mol. The van der Waals surface area contributed by atoms with Crippen LogP contribution in [0.5, 0.6) is 11.5 Å². The van der Waals surface area contributed by atoms with E-state index in [0.717, 1.165) is 50.3 Å². The van der Waals surface area contributed by atoms with Crippen molar-refractivity contribution in [3.8, 4) is 11.5 Å². The van der Waals surface area contributed by atoms with Crippen molar-refractivity contribution in [3.05, 3.63) is 23.8 Å². The van der Waals surface area contributed by atoms with E-state index in [9.17, 15) is 0 Å². The zero-order chi connectivity index (χ0) is 14.8. The minimum atomic E-state index is 0.312. The number of morpholine rings is 1. The Hall–Kier alpha value is -1.30. The molecule has 1 aromatic carbocycles. The Balaban J connectivity index is 1.26. The van der Waals surface area contributed by atoms with Crippen LogP contribution in [-0.4, -0.2) is 56.5 Å². The number of nitrogens with zero attached hydrogens (tertiary/aromatic N) is 1. The smallest absolute Gasteiger partial charge is 0.161 e. The second-order valence-electron chi connectivity index (χ2n) is 6.33. The Morgan fingerprint density at radius 3 is 2.82 bits per heavy atom. The number of hydrogen-bond acceptors (Lipinski definition) is 5. The summed E-state index contributed by atoms with van der Waals surface area (Å²) in [5, 5.41) is 3.51. The van der Waals surface area contributed by atoms with Gasteiger partial charge in [-0.15, -0.1) is 0 Å². The van der Waals surface area contributed by atoms with Crippen LogP contribution in [0.3, 0.4) is 0 Å². The van der Waals surface area contributed by atoms with Gasteiger partial charge in [0.1, 0.15) is 13.2 Å². The molecule has 0 radical (unpaired) electrons. The van der Waals surface area contributed by atoms with Gasteiger partial charge in [-0.3, -0.25) is 4.90 Å². The van der Waals surface area contributed by atoms with Gasteiger partial charge >= 0.3 is 0 Å². The van der Waals surface area contributed by atoms with E-state index in [1.165, 1.54) is 18.4 Å². The van der Waals surface area contributed by atoms with Crippen LogP contribution in [0.4, 0.5) is 0 Å². The maximum absolute atomic E-state index is 5.87. The summed E-state index contributed by atoms with van der Waals surface area (Å²) in [6.45, 7) is 6.05. The fourth-order valence-electron chi connectivity index (χ4n) is 3.21. The van der Waals surface area contributed by atoms with E-state index in [1.807, 2.05) is 6.07 Å². The number of nitrogens with one attached hydrogen (secondary N) is 1. The van der Waals surface area contributed by atoms with Crippen molar-refractivity contribution < 1.29 is 14.2 Å². The molecule has 1 saturated heterocycles. The van der Waals surface area contributed by atoms with Gasteiger partial charge in [-0.1, -0.05) is 6.07 Å². The van der Waals surface area contributed by atoms with Gasteiger partial charge in [-0.25, -0.2) is 0 Å². The highest BCUT2D eigenvalue weighted by Crippen LogP contribution is 2.31. The molecule has 0 bridgehead atoms. The van der Waals surface area contributed by atoms with Crippen LogP contribution < -0.4 is 14.8 Å². The number of benzene rings is 1. The molecule has 1 aliphatic carbocycles. The van der Waals surface area contributed by atoms with E-state index >= 15 is 0 Å². The van der Waals surface area contributed by atoms with Gasteiger partial charge in [-0.05, 0) is 30.5 Å². The summed E-state index contributed by atoms with van der Waals surface area (Å²) >= 11 is 0. The van der Waals surface area contributed by atoms with Crippen LogP contribution in [0.1, 0.15) is 18.4 Å². The molecule has 2 aliphatic heterocycles. The summed E-state index contributed by atoms with van der Waals surface area (Å²) in [4.78, 5) is 2.58. The molecule has 5 heteroatoms. The van der Waals surface area contributed by atoms with Gasteiger partial charge in [0, 0.05) is 32.2 Å². The van der Waals surface area contributed by atoms with Gasteiger partial charge in [0.15, 0.2) is 11.5 Å². The van der Waals surface area contributed by atoms with Crippen molar-refractivity contribution in [1.29, 1.82) is 0 Å². The zero-order valence-electron chi connectivity index (χ0n) is 12.9. The highest BCUT2D eigenvalue weighted by Gasteiger charge is 2.32. The predicted molar refractivity (Wildman–Crippen MR) is 83.5 cm³/mol. The average molecular weight is 304 g/mol. The average Bonchev–Trinajstić information content (AvgIpc) is 3.40. The van der Waals surface area contributed by atoms with E-state index in [2.05, 4.69) is 22.3 Å². The second-order valence-corrected chi connectivity index (χ2v) is 6.33. The lowest BCUT2D eigenvalue weighted by molar-refractivity contribution is -0.0301. The largest absolute Gasteiger partial charge is 0.486 e. The molecule has 2 heterocycles. The molecular formula is C17H24N2O3. The van der Waals surface area contributed by atoms with Crippen LogP contribution in [0, 0.1) is 0 Å². The third kappa shape index (κ3) is 3.37. The minimum absolute atomic E-state index is 0.312. The lowest BCUT2D eigenvalue weighted by atomic mass is 10.2. The molecule has 1 saturated carbocycles. The van der Waals surface area contributed by atoms with E-state index in [4.69, 9.17) is 14.2 Å². The fourth-order valence-corrected chi connectivity index (χ4v) is 3.21. The molecule has 0 aromatic heterocycles. The van der Waals surface area contributed by atoms with Crippen LogP contribution in [0.25, 0.3) is 0 Å². The second kappa shape index (κ2) is 6.44. The van der Waals surface area contributed by atoms with Crippen molar-refractivity contribution in [2.75, 3.05) is 39.5 Å². The van der Waals surface area contributed by atoms with Gasteiger partial charge in [0.25, 0.3) is 0 Å². The summed E-state index contributed by atoms with van der Waals surface area (Å²) in [7, 11) is 0. The molecule has 0 amide bonds. The summed E-state index contributed by atoms with van der Waals surface area (Å²) in [6.07, 6.45) is 3.06. The fraction of sp³-hybridized carbons (Fsp3) is 0.647. The van der Waals surface area contributed by atoms with Crippen LogP contribution in [0.2, 0.25) is 0 Å². The molecule has 0 spiro atoms. The number of ether oxygens (including phenoxy) is 3. The molecule has 120 valence electrons. The molecular weight excluding hydrogens is 280 g/mol. The summed E-state index contributed by atoms with van der Waals surface area (Å²) in [5.74, 6) is 1.71. The first-order chi connectivity index (χ1) is 10.9. The normalized spacial score (nSPS) is 25.2. The summed E-state index contributed by atoms with van der Waals surface area (Å²) < 4.78 is 17.0. The minimum Gasteiger partial charge on any atom is -0.486 e. The summed E-state index contributed by atoms with van der Waals surface area (Å²) in [5.41, 5.74) is 1.22. The van der Waals surface area contributed by atoms with Gasteiger partial charge in [0.2, 0.25) is 0 Å². The maximum atomic E-state index is 5.87. The molecule has 2 fully saturated rings. The van der Waals surface area contributed by atoms with Crippen molar-refractivity contribution in [1.82, 2.24) is 10.2 Å². The first-order valence-corrected chi connectivity index (χ1v) is 8.33. The van der Waals surface area contributed by atoms with Crippen LogP contribution >= 0.6 is 0 Å². The van der Waals surface area contributed by atoms with E-state index in [-0.39, 0.29) is 0 Å². The SMILES string of the molecule is c1cc2c(cc1CNC[C@H]1CN(C3CC3)CCO1)OCCO2. The molecule has 0 unspecified atom stereocenters.